The molecular weight excluding hydrogens is 387 g/mol. The molecule has 2 aromatic rings. The van der Waals surface area contributed by atoms with Crippen LogP contribution in [0.5, 0.6) is 0 Å². The van der Waals surface area contributed by atoms with Crippen molar-refractivity contribution < 1.29 is 14.0 Å². The summed E-state index contributed by atoms with van der Waals surface area (Å²) in [4.78, 5) is 34.5. The van der Waals surface area contributed by atoms with E-state index in [1.165, 1.54) is 24.7 Å². The molecule has 2 heterocycles. The van der Waals surface area contributed by atoms with Gasteiger partial charge in [-0.15, -0.1) is 0 Å². The minimum atomic E-state index is -0.470. The van der Waals surface area contributed by atoms with Crippen molar-refractivity contribution in [3.63, 3.8) is 0 Å². The molecule has 3 rings (SSSR count). The highest BCUT2D eigenvalue weighted by Gasteiger charge is 2.28. The number of carbonyl (C=O) groups excluding carboxylic acids is 2. The van der Waals surface area contributed by atoms with Crippen LogP contribution in [0.2, 0.25) is 0 Å². The highest BCUT2D eigenvalue weighted by molar-refractivity contribution is 6.05. The average molecular weight is 412 g/mol. The molecule has 158 valence electrons. The lowest BCUT2D eigenvalue weighted by Gasteiger charge is -2.32. The molecule has 1 aromatic heterocycles. The van der Waals surface area contributed by atoms with Crippen molar-refractivity contribution in [1.82, 2.24) is 20.2 Å². The fraction of sp³-hybridized carbons (Fsp3) is 0.381. The zero-order valence-corrected chi connectivity index (χ0v) is 16.6. The molecular formula is C21H25FN6O2. The van der Waals surface area contributed by atoms with Crippen LogP contribution in [0.3, 0.4) is 0 Å². The van der Waals surface area contributed by atoms with Gasteiger partial charge in [-0.2, -0.15) is 0 Å². The largest absolute Gasteiger partial charge is 0.343 e. The number of hydrogen-bond donors (Lipinski definition) is 3. The first-order valence-corrected chi connectivity index (χ1v) is 9.86. The van der Waals surface area contributed by atoms with Crippen LogP contribution in [-0.2, 0) is 16.0 Å². The highest BCUT2D eigenvalue weighted by atomic mass is 19.1. The zero-order valence-electron chi connectivity index (χ0n) is 16.6. The van der Waals surface area contributed by atoms with E-state index in [2.05, 4.69) is 15.3 Å². The number of nitrogens with zero attached hydrogens (tertiary/aromatic N) is 3. The normalized spacial score (nSPS) is 15.5. The van der Waals surface area contributed by atoms with Crippen LogP contribution < -0.4 is 11.1 Å². The van der Waals surface area contributed by atoms with Crippen LogP contribution in [0.1, 0.15) is 30.5 Å². The zero-order chi connectivity index (χ0) is 21.5. The maximum atomic E-state index is 13.7. The first-order valence-electron chi connectivity index (χ1n) is 9.86. The number of aromatic nitrogens is 2. The molecule has 1 atom stereocenters. The second kappa shape index (κ2) is 10.0. The third-order valence-corrected chi connectivity index (χ3v) is 5.16. The topological polar surface area (TPSA) is 125 Å². The van der Waals surface area contributed by atoms with Crippen molar-refractivity contribution in [2.75, 3.05) is 13.1 Å². The first kappa shape index (κ1) is 21.5. The lowest BCUT2D eigenvalue weighted by Crippen LogP contribution is -2.45. The molecule has 0 spiro atoms. The molecule has 4 N–H and O–H groups in total. The van der Waals surface area contributed by atoms with Gasteiger partial charge >= 0.3 is 0 Å². The number of hydrogen-bond acceptors (Lipinski definition) is 6. The number of amidine groups is 1. The Balaban J connectivity index is 1.44. The number of nitrogens with two attached hydrogens (primary N) is 1. The van der Waals surface area contributed by atoms with E-state index in [0.717, 1.165) is 0 Å². The van der Waals surface area contributed by atoms with Gasteiger partial charge in [-0.1, -0.05) is 18.2 Å². The summed E-state index contributed by atoms with van der Waals surface area (Å²) in [5.41, 5.74) is 6.85. The number of nitrogens with one attached hydrogen (secondary N) is 2. The Hall–Kier alpha value is -3.20. The van der Waals surface area contributed by atoms with Crippen LogP contribution >= 0.6 is 0 Å². The lowest BCUT2D eigenvalue weighted by molar-refractivity contribution is -0.135. The number of benzene rings is 1. The Morgan fingerprint density at radius 3 is 2.67 bits per heavy atom. The molecule has 0 saturated carbocycles. The number of amides is 2. The minimum absolute atomic E-state index is 0.0919. The van der Waals surface area contributed by atoms with Gasteiger partial charge in [0.1, 0.15) is 11.5 Å². The van der Waals surface area contributed by atoms with E-state index in [1.807, 2.05) is 0 Å². The second-order valence-electron chi connectivity index (χ2n) is 7.37. The minimum Gasteiger partial charge on any atom is -0.343 e. The predicted molar refractivity (Wildman–Crippen MR) is 109 cm³/mol. The van der Waals surface area contributed by atoms with Gasteiger partial charge in [-0.3, -0.25) is 20.0 Å². The number of carbonyl (C=O) groups is 2. The number of likely N-dealkylation sites (tertiary alicyclic amines) is 1. The van der Waals surface area contributed by atoms with Crippen molar-refractivity contribution in [2.45, 2.75) is 31.7 Å². The summed E-state index contributed by atoms with van der Waals surface area (Å²) in [7, 11) is 0. The van der Waals surface area contributed by atoms with E-state index in [4.69, 9.17) is 11.1 Å². The molecule has 2 amide bonds. The SMILES string of the molecule is N=C(NC(=O)C1CCN(C(=O)C[C@H](N)Cc2ccccc2F)CC1)c1cnccn1. The molecule has 1 fully saturated rings. The second-order valence-corrected chi connectivity index (χ2v) is 7.37. The van der Waals surface area contributed by atoms with Crippen molar-refractivity contribution in [3.05, 3.63) is 59.9 Å². The molecule has 1 saturated heterocycles. The van der Waals surface area contributed by atoms with Crippen LogP contribution in [0.4, 0.5) is 4.39 Å². The van der Waals surface area contributed by atoms with Crippen molar-refractivity contribution >= 4 is 17.6 Å². The summed E-state index contributed by atoms with van der Waals surface area (Å²) in [6.45, 7) is 0.892. The third-order valence-electron chi connectivity index (χ3n) is 5.16. The lowest BCUT2D eigenvalue weighted by atomic mass is 9.95. The van der Waals surface area contributed by atoms with Gasteiger partial charge in [0.15, 0.2) is 5.84 Å². The van der Waals surface area contributed by atoms with E-state index >= 15 is 0 Å². The van der Waals surface area contributed by atoms with Gasteiger partial charge in [0, 0.05) is 43.9 Å². The standard InChI is InChI=1S/C21H25FN6O2/c22-17-4-2-1-3-15(17)11-16(23)12-19(29)28-9-5-14(6-10-28)21(30)27-20(24)18-13-25-7-8-26-18/h1-4,7-8,13-14,16H,5-6,9-12,23H2,(H2,24,27,30)/t16-/m1/s1. The average Bonchev–Trinajstić information content (AvgIpc) is 2.76. The van der Waals surface area contributed by atoms with E-state index in [1.54, 1.807) is 23.1 Å². The molecule has 0 bridgehead atoms. The quantitative estimate of drug-likeness (QED) is 0.486. The van der Waals surface area contributed by atoms with E-state index in [-0.39, 0.29) is 35.8 Å². The molecule has 8 nitrogen and oxygen atoms in total. The summed E-state index contributed by atoms with van der Waals surface area (Å²) >= 11 is 0. The summed E-state index contributed by atoms with van der Waals surface area (Å²) in [6, 6.07) is 5.94. The van der Waals surface area contributed by atoms with Crippen molar-refractivity contribution in [3.8, 4) is 0 Å². The molecule has 1 aliphatic heterocycles. The number of halogens is 1. The predicted octanol–water partition coefficient (Wildman–Crippen LogP) is 1.26. The van der Waals surface area contributed by atoms with E-state index in [0.29, 0.717) is 43.6 Å². The number of piperidine rings is 1. The van der Waals surface area contributed by atoms with Crippen molar-refractivity contribution in [2.24, 2.45) is 11.7 Å². The maximum Gasteiger partial charge on any atom is 0.228 e. The van der Waals surface area contributed by atoms with Gasteiger partial charge in [0.25, 0.3) is 0 Å². The molecule has 1 aromatic carbocycles. The molecule has 0 unspecified atom stereocenters. The fourth-order valence-electron chi connectivity index (χ4n) is 3.48. The Kier molecular flexibility index (Phi) is 7.18. The monoisotopic (exact) mass is 412 g/mol. The van der Waals surface area contributed by atoms with Gasteiger partial charge in [0.2, 0.25) is 11.8 Å². The van der Waals surface area contributed by atoms with Gasteiger partial charge in [-0.25, -0.2) is 9.37 Å². The van der Waals surface area contributed by atoms with Crippen LogP contribution in [0.15, 0.2) is 42.9 Å². The summed E-state index contributed by atoms with van der Waals surface area (Å²) < 4.78 is 13.7. The Bertz CT molecular complexity index is 899. The first-order chi connectivity index (χ1) is 14.4. The Morgan fingerprint density at radius 2 is 2.00 bits per heavy atom. The van der Waals surface area contributed by atoms with E-state index in [9.17, 15) is 14.0 Å². The van der Waals surface area contributed by atoms with Gasteiger partial charge in [-0.05, 0) is 30.9 Å². The van der Waals surface area contributed by atoms with Crippen LogP contribution in [0.25, 0.3) is 0 Å². The molecule has 1 aliphatic rings. The summed E-state index contributed by atoms with van der Waals surface area (Å²) in [5, 5.41) is 10.5. The Morgan fingerprint density at radius 1 is 1.27 bits per heavy atom. The smallest absolute Gasteiger partial charge is 0.228 e. The number of rotatable bonds is 6. The molecule has 0 radical (unpaired) electrons. The highest BCUT2D eigenvalue weighted by Crippen LogP contribution is 2.19. The third kappa shape index (κ3) is 5.66. The maximum absolute atomic E-state index is 13.7. The summed E-state index contributed by atoms with van der Waals surface area (Å²) in [6.07, 6.45) is 5.80. The van der Waals surface area contributed by atoms with Crippen LogP contribution in [-0.4, -0.2) is 51.6 Å². The van der Waals surface area contributed by atoms with Crippen molar-refractivity contribution in [1.29, 1.82) is 5.41 Å². The fourth-order valence-corrected chi connectivity index (χ4v) is 3.48. The van der Waals surface area contributed by atoms with E-state index < -0.39 is 6.04 Å². The van der Waals surface area contributed by atoms with Crippen LogP contribution in [0, 0.1) is 17.1 Å². The molecule has 9 heteroatoms. The molecule has 0 aliphatic carbocycles. The van der Waals surface area contributed by atoms with Gasteiger partial charge in [0.05, 0.1) is 6.20 Å². The summed E-state index contributed by atoms with van der Waals surface area (Å²) in [5.74, 6) is -1.04. The Labute approximate surface area is 174 Å². The van der Waals surface area contributed by atoms with Gasteiger partial charge < -0.3 is 16.0 Å². The molecule has 30 heavy (non-hydrogen) atoms.